The van der Waals surface area contributed by atoms with Crippen molar-refractivity contribution in [1.82, 2.24) is 4.98 Å². The molecule has 0 N–H and O–H groups in total. The Balaban J connectivity index is 1.83. The summed E-state index contributed by atoms with van der Waals surface area (Å²) >= 11 is 7.36. The summed E-state index contributed by atoms with van der Waals surface area (Å²) in [5.41, 5.74) is 2.80. The summed E-state index contributed by atoms with van der Waals surface area (Å²) in [6, 6.07) is 17.1. The lowest BCUT2D eigenvalue weighted by atomic mass is 10.1. The van der Waals surface area contributed by atoms with Gasteiger partial charge in [-0.3, -0.25) is 4.79 Å². The number of halogens is 1. The minimum Gasteiger partial charge on any atom is -0.293 e. The molecule has 0 radical (unpaired) electrons. The van der Waals surface area contributed by atoms with E-state index in [9.17, 15) is 4.79 Å². The first-order valence-electron chi connectivity index (χ1n) is 7.37. The summed E-state index contributed by atoms with van der Waals surface area (Å²) in [7, 11) is 0. The normalized spacial score (nSPS) is 12.3. The van der Waals surface area contributed by atoms with Crippen LogP contribution in [0.25, 0.3) is 10.9 Å². The maximum atomic E-state index is 12.5. The monoisotopic (exact) mass is 341 g/mol. The Morgan fingerprint density at radius 2 is 1.83 bits per heavy atom. The Kier molecular flexibility index (Phi) is 4.69. The van der Waals surface area contributed by atoms with Gasteiger partial charge >= 0.3 is 0 Å². The molecular formula is C19H16ClNOS. The van der Waals surface area contributed by atoms with Crippen LogP contribution in [0.2, 0.25) is 5.02 Å². The number of carbonyl (C=O) groups is 1. The number of para-hydroxylation sites is 1. The minimum atomic E-state index is -0.204. The SMILES string of the molecule is Cc1cc(SC(C)C(=O)c2ccc(Cl)cc2)nc2ccccc12. The van der Waals surface area contributed by atoms with E-state index >= 15 is 0 Å². The number of hydrogen-bond donors (Lipinski definition) is 0. The van der Waals surface area contributed by atoms with E-state index in [0.717, 1.165) is 15.9 Å². The predicted octanol–water partition coefficient (Wildman–Crippen LogP) is 5.56. The zero-order valence-corrected chi connectivity index (χ0v) is 14.5. The van der Waals surface area contributed by atoms with Crippen molar-refractivity contribution in [3.63, 3.8) is 0 Å². The molecule has 0 saturated heterocycles. The van der Waals surface area contributed by atoms with E-state index in [0.29, 0.717) is 10.6 Å². The summed E-state index contributed by atoms with van der Waals surface area (Å²) < 4.78 is 0. The van der Waals surface area contributed by atoms with Gasteiger partial charge in [0.15, 0.2) is 5.78 Å². The minimum absolute atomic E-state index is 0.0827. The largest absolute Gasteiger partial charge is 0.293 e. The lowest BCUT2D eigenvalue weighted by Crippen LogP contribution is -2.13. The van der Waals surface area contributed by atoms with Crippen LogP contribution in [0.4, 0.5) is 0 Å². The Morgan fingerprint density at radius 1 is 1.13 bits per heavy atom. The maximum absolute atomic E-state index is 12.5. The lowest BCUT2D eigenvalue weighted by molar-refractivity contribution is 0.0994. The van der Waals surface area contributed by atoms with Gasteiger partial charge in [-0.15, -0.1) is 0 Å². The number of thioether (sulfide) groups is 1. The van der Waals surface area contributed by atoms with Gasteiger partial charge < -0.3 is 0 Å². The van der Waals surface area contributed by atoms with Crippen molar-refractivity contribution < 1.29 is 4.79 Å². The molecule has 0 aliphatic carbocycles. The van der Waals surface area contributed by atoms with Gasteiger partial charge in [-0.05, 0) is 55.8 Å². The molecule has 116 valence electrons. The topological polar surface area (TPSA) is 30.0 Å². The highest BCUT2D eigenvalue weighted by Crippen LogP contribution is 2.28. The number of benzene rings is 2. The molecule has 3 rings (SSSR count). The molecule has 1 atom stereocenters. The lowest BCUT2D eigenvalue weighted by Gasteiger charge is -2.11. The molecule has 23 heavy (non-hydrogen) atoms. The van der Waals surface area contributed by atoms with Gasteiger partial charge in [0.1, 0.15) is 0 Å². The smallest absolute Gasteiger partial charge is 0.175 e. The fourth-order valence-corrected chi connectivity index (χ4v) is 3.59. The van der Waals surface area contributed by atoms with Crippen molar-refractivity contribution in [3.05, 3.63) is 70.7 Å². The van der Waals surface area contributed by atoms with Gasteiger partial charge in [0.05, 0.1) is 15.8 Å². The van der Waals surface area contributed by atoms with Crippen molar-refractivity contribution in [2.75, 3.05) is 0 Å². The van der Waals surface area contributed by atoms with Crippen LogP contribution in [-0.4, -0.2) is 16.0 Å². The maximum Gasteiger partial charge on any atom is 0.175 e. The van der Waals surface area contributed by atoms with Crippen molar-refractivity contribution >= 4 is 40.0 Å². The highest BCUT2D eigenvalue weighted by molar-refractivity contribution is 8.00. The van der Waals surface area contributed by atoms with Crippen molar-refractivity contribution in [3.8, 4) is 0 Å². The molecule has 0 fully saturated rings. The third-order valence-electron chi connectivity index (χ3n) is 3.70. The molecule has 3 aromatic rings. The second-order valence-electron chi connectivity index (χ2n) is 5.43. The first-order chi connectivity index (χ1) is 11.0. The molecule has 1 aromatic heterocycles. The number of rotatable bonds is 4. The van der Waals surface area contributed by atoms with Gasteiger partial charge in [0.2, 0.25) is 0 Å². The quantitative estimate of drug-likeness (QED) is 0.459. The van der Waals surface area contributed by atoms with Crippen LogP contribution in [0.3, 0.4) is 0 Å². The summed E-state index contributed by atoms with van der Waals surface area (Å²) in [5, 5.41) is 2.45. The van der Waals surface area contributed by atoms with E-state index in [-0.39, 0.29) is 11.0 Å². The third-order valence-corrected chi connectivity index (χ3v) is 4.97. The number of aryl methyl sites for hydroxylation is 1. The number of nitrogens with zero attached hydrogens (tertiary/aromatic N) is 1. The molecule has 0 amide bonds. The average molecular weight is 342 g/mol. The molecule has 4 heteroatoms. The fourth-order valence-electron chi connectivity index (χ4n) is 2.46. The molecule has 0 spiro atoms. The molecule has 0 aliphatic heterocycles. The van der Waals surface area contributed by atoms with Gasteiger partial charge in [-0.2, -0.15) is 0 Å². The third kappa shape index (κ3) is 3.57. The standard InChI is InChI=1S/C19H16ClNOS/c1-12-11-18(21-17-6-4-3-5-16(12)17)23-13(2)19(22)14-7-9-15(20)10-8-14/h3-11,13H,1-2H3. The number of hydrogen-bond acceptors (Lipinski definition) is 3. The molecule has 0 aliphatic rings. The summed E-state index contributed by atoms with van der Waals surface area (Å²) in [6.07, 6.45) is 0. The highest BCUT2D eigenvalue weighted by atomic mass is 35.5. The molecule has 1 unspecified atom stereocenters. The zero-order chi connectivity index (χ0) is 16.4. The number of ketones is 1. The number of aromatic nitrogens is 1. The van der Waals surface area contributed by atoms with Gasteiger partial charge in [-0.1, -0.05) is 41.6 Å². The van der Waals surface area contributed by atoms with Gasteiger partial charge in [-0.25, -0.2) is 4.98 Å². The second-order valence-corrected chi connectivity index (χ2v) is 7.22. The summed E-state index contributed by atoms with van der Waals surface area (Å²) in [4.78, 5) is 17.2. The first-order valence-corrected chi connectivity index (χ1v) is 8.63. The van der Waals surface area contributed by atoms with Crippen molar-refractivity contribution in [2.24, 2.45) is 0 Å². The van der Waals surface area contributed by atoms with E-state index in [1.807, 2.05) is 31.2 Å². The molecular weight excluding hydrogens is 326 g/mol. The summed E-state index contributed by atoms with van der Waals surface area (Å²) in [6.45, 7) is 3.98. The second kappa shape index (κ2) is 6.73. The molecule has 0 saturated carbocycles. The van der Waals surface area contributed by atoms with Crippen LogP contribution in [0.15, 0.2) is 59.6 Å². The highest BCUT2D eigenvalue weighted by Gasteiger charge is 2.17. The van der Waals surface area contributed by atoms with Crippen molar-refractivity contribution in [2.45, 2.75) is 24.1 Å². The summed E-state index contributed by atoms with van der Waals surface area (Å²) in [5.74, 6) is 0.0827. The van der Waals surface area contributed by atoms with E-state index in [1.54, 1.807) is 24.3 Å². The average Bonchev–Trinajstić information content (AvgIpc) is 2.55. The zero-order valence-electron chi connectivity index (χ0n) is 12.9. The molecule has 2 nitrogen and oxygen atoms in total. The Bertz CT molecular complexity index is 861. The van der Waals surface area contributed by atoms with E-state index < -0.39 is 0 Å². The number of fused-ring (bicyclic) bond motifs is 1. The van der Waals surface area contributed by atoms with Crippen molar-refractivity contribution in [1.29, 1.82) is 0 Å². The molecule has 1 heterocycles. The van der Waals surface area contributed by atoms with E-state index in [1.165, 1.54) is 17.3 Å². The molecule has 2 aromatic carbocycles. The Hall–Kier alpha value is -1.84. The number of pyridine rings is 1. The van der Waals surface area contributed by atoms with Crippen LogP contribution in [-0.2, 0) is 0 Å². The van der Waals surface area contributed by atoms with Crippen LogP contribution >= 0.6 is 23.4 Å². The number of carbonyl (C=O) groups excluding carboxylic acids is 1. The predicted molar refractivity (Wildman–Crippen MR) is 97.6 cm³/mol. The van der Waals surface area contributed by atoms with Crippen LogP contribution in [0.5, 0.6) is 0 Å². The van der Waals surface area contributed by atoms with Gasteiger partial charge in [0.25, 0.3) is 0 Å². The van der Waals surface area contributed by atoms with Gasteiger partial charge in [0, 0.05) is 16.0 Å². The Morgan fingerprint density at radius 3 is 2.57 bits per heavy atom. The van der Waals surface area contributed by atoms with E-state index in [4.69, 9.17) is 11.6 Å². The number of Topliss-reactive ketones (excluding diaryl/α,β-unsaturated/α-hetero) is 1. The fraction of sp³-hybridized carbons (Fsp3) is 0.158. The van der Waals surface area contributed by atoms with Crippen LogP contribution < -0.4 is 0 Å². The van der Waals surface area contributed by atoms with Crippen LogP contribution in [0, 0.1) is 6.92 Å². The van der Waals surface area contributed by atoms with Crippen LogP contribution in [0.1, 0.15) is 22.8 Å². The first kappa shape index (κ1) is 16.0. The van der Waals surface area contributed by atoms with E-state index in [2.05, 4.69) is 18.0 Å². The molecule has 0 bridgehead atoms. The Labute approximate surface area is 144 Å².